The fourth-order valence-corrected chi connectivity index (χ4v) is 3.97. The maximum absolute atomic E-state index is 15.5. The minimum absolute atomic E-state index is 0.0969. The SMILES string of the molecule is CC(C)(C#N)c1cccc(C(=O)Nc2c(F)ccc(Nc3ncccc3-c3ncnc4[nH]ccc34)c2F)c1. The van der Waals surface area contributed by atoms with Gasteiger partial charge in [-0.25, -0.2) is 23.7 Å². The third-order valence-corrected chi connectivity index (χ3v) is 6.13. The molecular weight excluding hydrogens is 488 g/mol. The molecule has 5 rings (SSSR count). The molecule has 8 nitrogen and oxygen atoms in total. The fraction of sp³-hybridized carbons (Fsp3) is 0.107. The van der Waals surface area contributed by atoms with Gasteiger partial charge in [0.2, 0.25) is 0 Å². The van der Waals surface area contributed by atoms with Crippen LogP contribution in [0.3, 0.4) is 0 Å². The molecule has 10 heteroatoms. The van der Waals surface area contributed by atoms with Crippen LogP contribution in [-0.2, 0) is 5.41 Å². The smallest absolute Gasteiger partial charge is 0.255 e. The van der Waals surface area contributed by atoms with E-state index in [9.17, 15) is 14.4 Å². The summed E-state index contributed by atoms with van der Waals surface area (Å²) in [5, 5.41) is 15.4. The minimum atomic E-state index is -1.00. The van der Waals surface area contributed by atoms with Gasteiger partial charge in [-0.2, -0.15) is 5.26 Å². The van der Waals surface area contributed by atoms with Gasteiger partial charge in [0, 0.05) is 28.9 Å². The van der Waals surface area contributed by atoms with Gasteiger partial charge in [0.1, 0.15) is 29.3 Å². The predicted molar refractivity (Wildman–Crippen MR) is 140 cm³/mol. The molecule has 0 atom stereocenters. The molecule has 5 aromatic rings. The van der Waals surface area contributed by atoms with Gasteiger partial charge in [0.05, 0.1) is 22.9 Å². The molecule has 188 valence electrons. The summed E-state index contributed by atoms with van der Waals surface area (Å²) in [5.41, 5.74) is 0.992. The summed E-state index contributed by atoms with van der Waals surface area (Å²) in [5.74, 6) is -2.38. The Morgan fingerprint density at radius 3 is 2.71 bits per heavy atom. The van der Waals surface area contributed by atoms with Crippen LogP contribution in [0.5, 0.6) is 0 Å². The van der Waals surface area contributed by atoms with E-state index in [1.165, 1.54) is 30.7 Å². The van der Waals surface area contributed by atoms with Crippen LogP contribution in [0.15, 0.2) is 73.3 Å². The number of rotatable bonds is 6. The normalized spacial score (nSPS) is 11.2. The summed E-state index contributed by atoms with van der Waals surface area (Å²) >= 11 is 0. The van der Waals surface area contributed by atoms with Crippen molar-refractivity contribution < 1.29 is 13.6 Å². The zero-order valence-electron chi connectivity index (χ0n) is 20.4. The average molecular weight is 510 g/mol. The van der Waals surface area contributed by atoms with Crippen molar-refractivity contribution in [2.45, 2.75) is 19.3 Å². The number of halogens is 2. The van der Waals surface area contributed by atoms with Gasteiger partial charge < -0.3 is 15.6 Å². The summed E-state index contributed by atoms with van der Waals surface area (Å²) in [6.45, 7) is 3.43. The van der Waals surface area contributed by atoms with Gasteiger partial charge in [-0.3, -0.25) is 4.79 Å². The topological polar surface area (TPSA) is 119 Å². The second-order valence-corrected chi connectivity index (χ2v) is 9.04. The Hall–Kier alpha value is -5.17. The second kappa shape index (κ2) is 9.71. The molecule has 3 heterocycles. The van der Waals surface area contributed by atoms with Crippen LogP contribution in [0, 0.1) is 23.0 Å². The number of carbonyl (C=O) groups is 1. The highest BCUT2D eigenvalue weighted by atomic mass is 19.1. The third-order valence-electron chi connectivity index (χ3n) is 6.13. The molecule has 1 amide bonds. The highest BCUT2D eigenvalue weighted by Gasteiger charge is 2.23. The molecule has 38 heavy (non-hydrogen) atoms. The molecule has 0 radical (unpaired) electrons. The van der Waals surface area contributed by atoms with Crippen molar-refractivity contribution in [3.63, 3.8) is 0 Å². The molecule has 0 saturated carbocycles. The van der Waals surface area contributed by atoms with E-state index in [-0.39, 0.29) is 17.1 Å². The van der Waals surface area contributed by atoms with E-state index in [0.717, 1.165) is 11.5 Å². The van der Waals surface area contributed by atoms with E-state index in [4.69, 9.17) is 0 Å². The number of benzene rings is 2. The first kappa shape index (κ1) is 24.5. The summed E-state index contributed by atoms with van der Waals surface area (Å²) in [6.07, 6.45) is 4.67. The molecule has 0 bridgehead atoms. The zero-order chi connectivity index (χ0) is 26.9. The molecule has 0 aliphatic carbocycles. The Labute approximate surface area is 216 Å². The number of pyridine rings is 1. The number of fused-ring (bicyclic) bond motifs is 1. The number of nitrogens with zero attached hydrogens (tertiary/aromatic N) is 4. The Morgan fingerprint density at radius 1 is 1.05 bits per heavy atom. The number of carbonyl (C=O) groups excluding carboxylic acids is 1. The lowest BCUT2D eigenvalue weighted by Crippen LogP contribution is -2.18. The number of nitrogens with one attached hydrogen (secondary N) is 3. The maximum atomic E-state index is 15.5. The predicted octanol–water partition coefficient (Wildman–Crippen LogP) is 6.10. The van der Waals surface area contributed by atoms with Crippen LogP contribution >= 0.6 is 0 Å². The zero-order valence-corrected chi connectivity index (χ0v) is 20.4. The van der Waals surface area contributed by atoms with Gasteiger partial charge in [-0.1, -0.05) is 12.1 Å². The van der Waals surface area contributed by atoms with Crippen LogP contribution in [0.25, 0.3) is 22.3 Å². The molecule has 0 aliphatic rings. The van der Waals surface area contributed by atoms with Crippen LogP contribution in [0.1, 0.15) is 29.8 Å². The number of amides is 1. The van der Waals surface area contributed by atoms with Crippen LogP contribution in [0.4, 0.5) is 26.0 Å². The first-order valence-corrected chi connectivity index (χ1v) is 11.6. The number of aromatic amines is 1. The molecular formula is C28H21F2N7O. The van der Waals surface area contributed by atoms with Crippen molar-refractivity contribution in [1.29, 1.82) is 5.26 Å². The largest absolute Gasteiger partial charge is 0.346 e. The molecule has 3 aromatic heterocycles. The summed E-state index contributed by atoms with van der Waals surface area (Å²) in [7, 11) is 0. The van der Waals surface area contributed by atoms with E-state index in [2.05, 4.69) is 36.6 Å². The second-order valence-electron chi connectivity index (χ2n) is 9.04. The maximum Gasteiger partial charge on any atom is 0.255 e. The lowest BCUT2D eigenvalue weighted by atomic mass is 9.85. The van der Waals surface area contributed by atoms with Crippen molar-refractivity contribution in [3.8, 4) is 17.3 Å². The van der Waals surface area contributed by atoms with E-state index in [1.54, 1.807) is 44.3 Å². The van der Waals surface area contributed by atoms with Gasteiger partial charge in [0.25, 0.3) is 5.91 Å². The Balaban J connectivity index is 1.47. The summed E-state index contributed by atoms with van der Waals surface area (Å²) in [4.78, 5) is 28.8. The van der Waals surface area contributed by atoms with Crippen LogP contribution < -0.4 is 10.6 Å². The van der Waals surface area contributed by atoms with Crippen molar-refractivity contribution >= 4 is 34.1 Å². The quantitative estimate of drug-likeness (QED) is 0.255. The van der Waals surface area contributed by atoms with Crippen molar-refractivity contribution in [1.82, 2.24) is 19.9 Å². The fourth-order valence-electron chi connectivity index (χ4n) is 3.97. The van der Waals surface area contributed by atoms with E-state index < -0.39 is 28.6 Å². The van der Waals surface area contributed by atoms with Crippen LogP contribution in [0.2, 0.25) is 0 Å². The number of nitriles is 1. The number of anilines is 3. The molecule has 0 saturated heterocycles. The van der Waals surface area contributed by atoms with E-state index in [0.29, 0.717) is 22.5 Å². The number of aromatic nitrogens is 4. The highest BCUT2D eigenvalue weighted by molar-refractivity contribution is 6.05. The monoisotopic (exact) mass is 509 g/mol. The Morgan fingerprint density at radius 2 is 1.89 bits per heavy atom. The van der Waals surface area contributed by atoms with Gasteiger partial charge in [0.15, 0.2) is 5.82 Å². The molecule has 2 aromatic carbocycles. The summed E-state index contributed by atoms with van der Waals surface area (Å²) < 4.78 is 30.2. The molecule has 0 unspecified atom stereocenters. The third kappa shape index (κ3) is 4.53. The average Bonchev–Trinajstić information content (AvgIpc) is 3.42. The first-order valence-electron chi connectivity index (χ1n) is 11.6. The lowest BCUT2D eigenvalue weighted by molar-refractivity contribution is 0.102. The molecule has 0 aliphatic heterocycles. The van der Waals surface area contributed by atoms with E-state index in [1.807, 2.05) is 6.07 Å². The van der Waals surface area contributed by atoms with Gasteiger partial charge >= 0.3 is 0 Å². The lowest BCUT2D eigenvalue weighted by Gasteiger charge is -2.17. The van der Waals surface area contributed by atoms with Crippen molar-refractivity contribution in [2.24, 2.45) is 0 Å². The standard InChI is InChI=1S/C28H21F2N7O/c1-28(2,14-31)17-6-3-5-16(13-17)27(38)37-24-20(29)8-9-21(22(24)30)36-26-18(7-4-11-32-26)23-19-10-12-33-25(19)35-15-34-23/h3-13,15H,1-2H3,(H,32,36)(H,37,38)(H,33,34,35). The Bertz CT molecular complexity index is 1720. The molecule has 3 N–H and O–H groups in total. The van der Waals surface area contributed by atoms with Gasteiger partial charge in [-0.15, -0.1) is 0 Å². The summed E-state index contributed by atoms with van der Waals surface area (Å²) in [6, 6.07) is 16.1. The van der Waals surface area contributed by atoms with Gasteiger partial charge in [-0.05, 0) is 61.9 Å². The molecule has 0 spiro atoms. The number of hydrogen-bond acceptors (Lipinski definition) is 6. The van der Waals surface area contributed by atoms with E-state index >= 15 is 4.39 Å². The highest BCUT2D eigenvalue weighted by Crippen LogP contribution is 2.34. The van der Waals surface area contributed by atoms with Crippen LogP contribution in [-0.4, -0.2) is 25.8 Å². The number of hydrogen-bond donors (Lipinski definition) is 3. The molecule has 0 fully saturated rings. The van der Waals surface area contributed by atoms with Crippen molar-refractivity contribution in [3.05, 3.63) is 96.1 Å². The minimum Gasteiger partial charge on any atom is -0.346 e. The number of H-pyrrole nitrogens is 1. The first-order chi connectivity index (χ1) is 18.3. The van der Waals surface area contributed by atoms with Crippen molar-refractivity contribution in [2.75, 3.05) is 10.6 Å². The Kier molecular flexibility index (Phi) is 6.26.